The van der Waals surface area contributed by atoms with E-state index < -0.39 is 0 Å². The molecule has 37 heavy (non-hydrogen) atoms. The third-order valence-electron chi connectivity index (χ3n) is 7.18. The first-order chi connectivity index (χ1) is 18.0. The van der Waals surface area contributed by atoms with E-state index in [4.69, 9.17) is 4.42 Å². The number of nitrogens with zero attached hydrogens (tertiary/aromatic N) is 2. The number of nitrogens with one attached hydrogen (secondary N) is 1. The maximum absolute atomic E-state index is 13.3. The molecule has 190 valence electrons. The van der Waals surface area contributed by atoms with Gasteiger partial charge in [0.25, 0.3) is 5.91 Å². The largest absolute Gasteiger partial charge is 0.455 e. The van der Waals surface area contributed by atoms with Crippen molar-refractivity contribution in [3.63, 3.8) is 0 Å². The number of hydrogen-bond acceptors (Lipinski definition) is 5. The highest BCUT2D eigenvalue weighted by molar-refractivity contribution is 6.05. The summed E-state index contributed by atoms with van der Waals surface area (Å²) >= 11 is 0. The van der Waals surface area contributed by atoms with E-state index in [1.807, 2.05) is 43.3 Å². The van der Waals surface area contributed by atoms with Crippen molar-refractivity contribution in [3.8, 4) is 11.3 Å². The Labute approximate surface area is 217 Å². The maximum atomic E-state index is 13.3. The number of benzene rings is 3. The van der Waals surface area contributed by atoms with Gasteiger partial charge in [-0.05, 0) is 44.5 Å². The Morgan fingerprint density at radius 3 is 2.30 bits per heavy atom. The predicted molar refractivity (Wildman–Crippen MR) is 149 cm³/mol. The quantitative estimate of drug-likeness (QED) is 0.387. The van der Waals surface area contributed by atoms with Crippen LogP contribution in [0.2, 0.25) is 0 Å². The van der Waals surface area contributed by atoms with E-state index in [0.717, 1.165) is 44.7 Å². The van der Waals surface area contributed by atoms with Gasteiger partial charge in [-0.3, -0.25) is 14.5 Å². The fourth-order valence-corrected chi connectivity index (χ4v) is 4.97. The van der Waals surface area contributed by atoms with E-state index >= 15 is 0 Å². The number of carbonyl (C=O) groups excluding carboxylic acids is 1. The molecule has 1 amide bonds. The molecule has 1 saturated heterocycles. The fraction of sp³-hybridized carbons (Fsp3) is 0.290. The van der Waals surface area contributed by atoms with Crippen LogP contribution in [0, 0.1) is 6.92 Å². The molecule has 1 unspecified atom stereocenters. The lowest BCUT2D eigenvalue weighted by Gasteiger charge is -2.36. The molecule has 4 aromatic rings. The minimum atomic E-state index is -0.224. The Hall–Kier alpha value is -3.90. The lowest BCUT2D eigenvalue weighted by atomic mass is 10.0. The normalized spacial score (nSPS) is 15.0. The van der Waals surface area contributed by atoms with Crippen LogP contribution in [0.4, 0.5) is 5.69 Å². The van der Waals surface area contributed by atoms with Crippen LogP contribution in [-0.4, -0.2) is 49.6 Å². The SMILES string of the molecule is Cc1c(-c2ccccc2)oc2c(C(=O)NC(C)CCN3CCN(c4ccccc4)CC3)cccc2c1=O. The van der Waals surface area contributed by atoms with E-state index in [1.54, 1.807) is 25.1 Å². The number of rotatable bonds is 7. The van der Waals surface area contributed by atoms with E-state index in [9.17, 15) is 9.59 Å². The molecule has 1 fully saturated rings. The standard InChI is InChI=1S/C31H33N3O3/c1-22(16-17-33-18-20-34(21-19-33)25-12-7-4-8-13-25)32-31(36)27-15-9-14-26-28(35)23(2)29(37-30(26)27)24-10-5-3-6-11-24/h3-15,22H,16-21H2,1-2H3,(H,32,36). The Morgan fingerprint density at radius 2 is 1.59 bits per heavy atom. The van der Waals surface area contributed by atoms with Crippen molar-refractivity contribution in [3.05, 3.63) is 100 Å². The highest BCUT2D eigenvalue weighted by Gasteiger charge is 2.21. The summed E-state index contributed by atoms with van der Waals surface area (Å²) in [5, 5.41) is 3.54. The van der Waals surface area contributed by atoms with Gasteiger partial charge in [-0.1, -0.05) is 54.6 Å². The number of piperazine rings is 1. The zero-order valence-corrected chi connectivity index (χ0v) is 21.4. The summed E-state index contributed by atoms with van der Waals surface area (Å²) in [4.78, 5) is 31.3. The Kier molecular flexibility index (Phi) is 7.37. The number of anilines is 1. The van der Waals surface area contributed by atoms with Gasteiger partial charge in [0.05, 0.1) is 10.9 Å². The van der Waals surface area contributed by atoms with Crippen molar-refractivity contribution < 1.29 is 9.21 Å². The topological polar surface area (TPSA) is 65.8 Å². The molecule has 0 radical (unpaired) electrons. The molecule has 0 spiro atoms. The molecule has 0 aliphatic carbocycles. The number of fused-ring (bicyclic) bond motifs is 1. The molecule has 0 bridgehead atoms. The minimum absolute atomic E-state index is 0.0133. The van der Waals surface area contributed by atoms with Gasteiger partial charge < -0.3 is 14.6 Å². The molecule has 3 aromatic carbocycles. The Balaban J connectivity index is 1.24. The van der Waals surface area contributed by atoms with Gasteiger partial charge >= 0.3 is 0 Å². The molecule has 1 N–H and O–H groups in total. The van der Waals surface area contributed by atoms with Crippen molar-refractivity contribution in [1.29, 1.82) is 0 Å². The first-order valence-electron chi connectivity index (χ1n) is 13.0. The molecular formula is C31H33N3O3. The fourth-order valence-electron chi connectivity index (χ4n) is 4.97. The smallest absolute Gasteiger partial charge is 0.255 e. The highest BCUT2D eigenvalue weighted by Crippen LogP contribution is 2.27. The molecule has 2 heterocycles. The van der Waals surface area contributed by atoms with Gasteiger partial charge in [0, 0.05) is 55.6 Å². The summed E-state index contributed by atoms with van der Waals surface area (Å²) in [5.74, 6) is 0.277. The zero-order valence-electron chi connectivity index (χ0n) is 21.4. The van der Waals surface area contributed by atoms with Crippen molar-refractivity contribution in [2.45, 2.75) is 26.3 Å². The van der Waals surface area contributed by atoms with Crippen LogP contribution in [0.3, 0.4) is 0 Å². The maximum Gasteiger partial charge on any atom is 0.255 e. The number of amides is 1. The second kappa shape index (κ2) is 11.0. The van der Waals surface area contributed by atoms with Gasteiger partial charge in [0.1, 0.15) is 5.76 Å². The molecule has 5 rings (SSSR count). The zero-order chi connectivity index (χ0) is 25.8. The van der Waals surface area contributed by atoms with Gasteiger partial charge in [0.2, 0.25) is 0 Å². The first kappa shape index (κ1) is 24.8. The molecule has 0 saturated carbocycles. The van der Waals surface area contributed by atoms with Crippen LogP contribution in [0.5, 0.6) is 0 Å². The monoisotopic (exact) mass is 495 g/mol. The lowest BCUT2D eigenvalue weighted by Crippen LogP contribution is -2.47. The van der Waals surface area contributed by atoms with Crippen LogP contribution in [0.1, 0.15) is 29.3 Å². The minimum Gasteiger partial charge on any atom is -0.455 e. The summed E-state index contributed by atoms with van der Waals surface area (Å²) in [6.45, 7) is 8.73. The summed E-state index contributed by atoms with van der Waals surface area (Å²) in [6, 6.07) is 25.2. The highest BCUT2D eigenvalue weighted by atomic mass is 16.3. The average molecular weight is 496 g/mol. The molecule has 1 aromatic heterocycles. The second-order valence-corrected chi connectivity index (χ2v) is 9.76. The third-order valence-corrected chi connectivity index (χ3v) is 7.18. The number of carbonyl (C=O) groups is 1. The van der Waals surface area contributed by atoms with Crippen LogP contribution in [-0.2, 0) is 0 Å². The molecular weight excluding hydrogens is 462 g/mol. The molecule has 1 aliphatic rings. The van der Waals surface area contributed by atoms with E-state index in [2.05, 4.69) is 39.4 Å². The Bertz CT molecular complexity index is 1430. The summed E-state index contributed by atoms with van der Waals surface area (Å²) in [6.07, 6.45) is 0.847. The summed E-state index contributed by atoms with van der Waals surface area (Å²) < 4.78 is 6.22. The summed E-state index contributed by atoms with van der Waals surface area (Å²) in [5.41, 5.74) is 3.23. The van der Waals surface area contributed by atoms with Crippen LogP contribution in [0.25, 0.3) is 22.3 Å². The van der Waals surface area contributed by atoms with Gasteiger partial charge in [-0.25, -0.2) is 0 Å². The van der Waals surface area contributed by atoms with Crippen molar-refractivity contribution in [1.82, 2.24) is 10.2 Å². The number of hydrogen-bond donors (Lipinski definition) is 1. The molecule has 6 heteroatoms. The first-order valence-corrected chi connectivity index (χ1v) is 13.0. The number of para-hydroxylation sites is 2. The average Bonchev–Trinajstić information content (AvgIpc) is 2.94. The summed E-state index contributed by atoms with van der Waals surface area (Å²) in [7, 11) is 0. The van der Waals surface area contributed by atoms with Gasteiger partial charge in [-0.15, -0.1) is 0 Å². The Morgan fingerprint density at radius 1 is 0.919 bits per heavy atom. The van der Waals surface area contributed by atoms with Crippen molar-refractivity contribution in [2.75, 3.05) is 37.6 Å². The van der Waals surface area contributed by atoms with Gasteiger partial charge in [-0.2, -0.15) is 0 Å². The molecule has 1 atom stereocenters. The van der Waals surface area contributed by atoms with Crippen LogP contribution >= 0.6 is 0 Å². The molecule has 6 nitrogen and oxygen atoms in total. The third kappa shape index (κ3) is 5.44. The van der Waals surface area contributed by atoms with E-state index in [1.165, 1.54) is 5.69 Å². The van der Waals surface area contributed by atoms with Crippen molar-refractivity contribution >= 4 is 22.6 Å². The van der Waals surface area contributed by atoms with Crippen molar-refractivity contribution in [2.24, 2.45) is 0 Å². The second-order valence-electron chi connectivity index (χ2n) is 9.76. The predicted octanol–water partition coefficient (Wildman–Crippen LogP) is 5.10. The lowest BCUT2D eigenvalue weighted by molar-refractivity contribution is 0.0936. The van der Waals surface area contributed by atoms with E-state index in [0.29, 0.717) is 27.9 Å². The molecule has 1 aliphatic heterocycles. The van der Waals surface area contributed by atoms with Crippen LogP contribution in [0.15, 0.2) is 88.1 Å². The van der Waals surface area contributed by atoms with Crippen LogP contribution < -0.4 is 15.6 Å². The van der Waals surface area contributed by atoms with Gasteiger partial charge in [0.15, 0.2) is 11.0 Å². The van der Waals surface area contributed by atoms with E-state index in [-0.39, 0.29) is 17.4 Å².